The first-order valence-corrected chi connectivity index (χ1v) is 13.7. The molecule has 1 saturated heterocycles. The SMILES string of the molecule is CC(C)(O)c1ccc(-c2cc(C(N)=O)c(Nc3cccc(CN4CCS(=O)(=O)CC4)n3)s2)c(F)c1. The maximum atomic E-state index is 14.9. The van der Waals surface area contributed by atoms with E-state index in [0.29, 0.717) is 46.5 Å². The van der Waals surface area contributed by atoms with Crippen molar-refractivity contribution in [2.75, 3.05) is 29.9 Å². The molecule has 2 aromatic heterocycles. The summed E-state index contributed by atoms with van der Waals surface area (Å²) in [7, 11) is -2.96. The lowest BCUT2D eigenvalue weighted by molar-refractivity contribution is 0.0782. The monoisotopic (exact) mass is 518 g/mol. The van der Waals surface area contributed by atoms with Crippen molar-refractivity contribution in [3.63, 3.8) is 0 Å². The number of thiophene rings is 1. The fourth-order valence-corrected chi connectivity index (χ4v) is 6.16. The van der Waals surface area contributed by atoms with E-state index in [1.165, 1.54) is 23.5 Å². The van der Waals surface area contributed by atoms with E-state index in [9.17, 15) is 22.7 Å². The van der Waals surface area contributed by atoms with E-state index in [0.717, 1.165) is 5.69 Å². The van der Waals surface area contributed by atoms with Crippen molar-refractivity contribution in [3.8, 4) is 10.4 Å². The van der Waals surface area contributed by atoms with Crippen molar-refractivity contribution >= 4 is 37.9 Å². The number of pyridine rings is 1. The zero-order valence-electron chi connectivity index (χ0n) is 19.4. The van der Waals surface area contributed by atoms with Crippen LogP contribution in [0.1, 0.15) is 35.5 Å². The number of carbonyl (C=O) groups is 1. The van der Waals surface area contributed by atoms with Crippen LogP contribution in [0.5, 0.6) is 0 Å². The van der Waals surface area contributed by atoms with Gasteiger partial charge in [-0.2, -0.15) is 0 Å². The van der Waals surface area contributed by atoms with Crippen LogP contribution in [-0.2, 0) is 22.0 Å². The maximum Gasteiger partial charge on any atom is 0.251 e. The van der Waals surface area contributed by atoms with Gasteiger partial charge >= 0.3 is 0 Å². The quantitative estimate of drug-likeness (QED) is 0.438. The van der Waals surface area contributed by atoms with Gasteiger partial charge in [-0.3, -0.25) is 9.69 Å². The Morgan fingerprint density at radius 1 is 1.23 bits per heavy atom. The molecule has 3 heterocycles. The van der Waals surface area contributed by atoms with Gasteiger partial charge in [-0.25, -0.2) is 17.8 Å². The number of hydrogen-bond acceptors (Lipinski definition) is 8. The number of rotatable bonds is 7. The first-order chi connectivity index (χ1) is 16.4. The van der Waals surface area contributed by atoms with Crippen LogP contribution in [-0.4, -0.2) is 53.9 Å². The predicted octanol–water partition coefficient (Wildman–Crippen LogP) is 3.25. The van der Waals surface area contributed by atoms with Crippen molar-refractivity contribution in [2.24, 2.45) is 5.73 Å². The Morgan fingerprint density at radius 2 is 1.94 bits per heavy atom. The standard InChI is InChI=1S/C24H27FN4O4S2/c1-24(2,31)15-6-7-17(19(25)12-15)20-13-18(22(26)30)23(34-20)28-21-5-3-4-16(27-21)14-29-8-10-35(32,33)11-9-29/h3-7,12-13,31H,8-11,14H2,1-2H3,(H2,26,30)(H,27,28). The van der Waals surface area contributed by atoms with E-state index >= 15 is 0 Å². The van der Waals surface area contributed by atoms with Gasteiger partial charge in [0.15, 0.2) is 9.84 Å². The van der Waals surface area contributed by atoms with Gasteiger partial charge in [-0.05, 0) is 43.7 Å². The van der Waals surface area contributed by atoms with E-state index < -0.39 is 27.2 Å². The lowest BCUT2D eigenvalue weighted by atomic mass is 9.96. The molecular formula is C24H27FN4O4S2. The van der Waals surface area contributed by atoms with Crippen LogP contribution < -0.4 is 11.1 Å². The van der Waals surface area contributed by atoms with Crippen molar-refractivity contribution in [1.29, 1.82) is 0 Å². The molecule has 0 saturated carbocycles. The molecule has 11 heteroatoms. The summed E-state index contributed by atoms with van der Waals surface area (Å²) < 4.78 is 38.2. The molecule has 1 aliphatic rings. The first kappa shape index (κ1) is 25.2. The summed E-state index contributed by atoms with van der Waals surface area (Å²) in [4.78, 5) is 19.2. The average Bonchev–Trinajstić information content (AvgIpc) is 3.18. The number of aliphatic hydroxyl groups is 1. The fraction of sp³-hybridized carbons (Fsp3) is 0.333. The Hall–Kier alpha value is -2.86. The summed E-state index contributed by atoms with van der Waals surface area (Å²) >= 11 is 1.17. The van der Waals surface area contributed by atoms with Gasteiger partial charge in [0.05, 0.1) is 28.4 Å². The lowest BCUT2D eigenvalue weighted by Crippen LogP contribution is -2.39. The third-order valence-electron chi connectivity index (χ3n) is 5.81. The highest BCUT2D eigenvalue weighted by Gasteiger charge is 2.23. The van der Waals surface area contributed by atoms with Gasteiger partial charge in [0.2, 0.25) is 0 Å². The second-order valence-electron chi connectivity index (χ2n) is 9.04. The zero-order chi connectivity index (χ0) is 25.4. The highest BCUT2D eigenvalue weighted by Crippen LogP contribution is 2.38. The number of benzene rings is 1. The number of nitrogens with two attached hydrogens (primary N) is 1. The average molecular weight is 519 g/mol. The molecule has 0 bridgehead atoms. The maximum absolute atomic E-state index is 14.9. The second-order valence-corrected chi connectivity index (χ2v) is 12.4. The molecule has 0 atom stereocenters. The number of nitrogens with one attached hydrogen (secondary N) is 1. The summed E-state index contributed by atoms with van der Waals surface area (Å²) in [5, 5.41) is 13.7. The number of aromatic nitrogens is 1. The smallest absolute Gasteiger partial charge is 0.251 e. The van der Waals surface area contributed by atoms with Gasteiger partial charge in [0, 0.05) is 30.1 Å². The van der Waals surface area contributed by atoms with Gasteiger partial charge in [0.1, 0.15) is 16.6 Å². The van der Waals surface area contributed by atoms with Crippen LogP contribution in [0.15, 0.2) is 42.5 Å². The van der Waals surface area contributed by atoms with Crippen LogP contribution in [0.3, 0.4) is 0 Å². The normalized spacial score (nSPS) is 16.2. The summed E-state index contributed by atoms with van der Waals surface area (Å²) in [6, 6.07) is 11.4. The van der Waals surface area contributed by atoms with Gasteiger partial charge < -0.3 is 16.2 Å². The molecular weight excluding hydrogens is 491 g/mol. The molecule has 4 rings (SSSR count). The minimum absolute atomic E-state index is 0.137. The third-order valence-corrected chi connectivity index (χ3v) is 8.50. The first-order valence-electron chi connectivity index (χ1n) is 11.0. The zero-order valence-corrected chi connectivity index (χ0v) is 21.0. The Labute approximate surface area is 207 Å². The number of primary amides is 1. The van der Waals surface area contributed by atoms with E-state index in [-0.39, 0.29) is 17.1 Å². The molecule has 4 N–H and O–H groups in total. The number of carbonyl (C=O) groups excluding carboxylic acids is 1. The van der Waals surface area contributed by atoms with Crippen LogP contribution in [0.4, 0.5) is 15.2 Å². The van der Waals surface area contributed by atoms with E-state index in [2.05, 4.69) is 10.3 Å². The van der Waals surface area contributed by atoms with Crippen LogP contribution in [0.2, 0.25) is 0 Å². The van der Waals surface area contributed by atoms with Crippen molar-refractivity contribution in [3.05, 3.63) is 65.1 Å². The second kappa shape index (κ2) is 9.65. The van der Waals surface area contributed by atoms with E-state index in [4.69, 9.17) is 5.73 Å². The Bertz CT molecular complexity index is 1350. The van der Waals surface area contributed by atoms with Gasteiger partial charge in [-0.1, -0.05) is 18.2 Å². The van der Waals surface area contributed by atoms with Gasteiger partial charge in [0.25, 0.3) is 5.91 Å². The highest BCUT2D eigenvalue weighted by atomic mass is 32.2. The molecule has 3 aromatic rings. The summed E-state index contributed by atoms with van der Waals surface area (Å²) in [5.41, 5.74) is 6.09. The van der Waals surface area contributed by atoms with E-state index in [1.54, 1.807) is 32.0 Å². The lowest BCUT2D eigenvalue weighted by Gasteiger charge is -2.26. The molecule has 1 aromatic carbocycles. The predicted molar refractivity (Wildman–Crippen MR) is 135 cm³/mol. The Balaban J connectivity index is 1.56. The summed E-state index contributed by atoms with van der Waals surface area (Å²) in [6.07, 6.45) is 0. The fourth-order valence-electron chi connectivity index (χ4n) is 3.79. The van der Waals surface area contributed by atoms with E-state index in [1.807, 2.05) is 17.0 Å². The minimum Gasteiger partial charge on any atom is -0.386 e. The Kier molecular flexibility index (Phi) is 6.96. The summed E-state index contributed by atoms with van der Waals surface area (Å²) in [6.45, 7) is 4.57. The molecule has 0 aliphatic carbocycles. The number of anilines is 2. The third kappa shape index (κ3) is 6.04. The molecule has 35 heavy (non-hydrogen) atoms. The number of amides is 1. The van der Waals surface area contributed by atoms with Crippen molar-refractivity contribution in [1.82, 2.24) is 9.88 Å². The van der Waals surface area contributed by atoms with Crippen LogP contribution in [0.25, 0.3) is 10.4 Å². The molecule has 1 amide bonds. The number of halogens is 1. The molecule has 0 unspecified atom stereocenters. The molecule has 0 spiro atoms. The largest absolute Gasteiger partial charge is 0.386 e. The minimum atomic E-state index is -2.96. The van der Waals surface area contributed by atoms with Crippen LogP contribution in [0, 0.1) is 5.82 Å². The molecule has 0 radical (unpaired) electrons. The number of hydrogen-bond donors (Lipinski definition) is 3. The van der Waals surface area contributed by atoms with Crippen molar-refractivity contribution < 1.29 is 22.7 Å². The molecule has 186 valence electrons. The molecule has 1 fully saturated rings. The van der Waals surface area contributed by atoms with Crippen molar-refractivity contribution in [2.45, 2.75) is 26.0 Å². The Morgan fingerprint density at radius 3 is 2.57 bits per heavy atom. The number of nitrogens with zero attached hydrogens (tertiary/aromatic N) is 2. The highest BCUT2D eigenvalue weighted by molar-refractivity contribution is 7.91. The number of sulfone groups is 1. The molecule has 1 aliphatic heterocycles. The molecule has 8 nitrogen and oxygen atoms in total. The van der Waals surface area contributed by atoms with Gasteiger partial charge in [-0.15, -0.1) is 11.3 Å². The van der Waals surface area contributed by atoms with Crippen LogP contribution >= 0.6 is 11.3 Å². The topological polar surface area (TPSA) is 126 Å². The summed E-state index contributed by atoms with van der Waals surface area (Å²) in [5.74, 6) is -0.414.